The Morgan fingerprint density at radius 2 is 2.26 bits per heavy atom. The number of aromatic nitrogens is 2. The minimum absolute atomic E-state index is 0.292. The number of nitrogens with zero attached hydrogens (tertiary/aromatic N) is 3. The number of likely N-dealkylation sites (N-methyl/N-ethyl adjacent to an activating group) is 1. The second-order valence-corrected chi connectivity index (χ2v) is 5.40. The molecule has 2 aromatic heterocycles. The Labute approximate surface area is 117 Å². The topological polar surface area (TPSA) is 64.3 Å². The summed E-state index contributed by atoms with van der Waals surface area (Å²) >= 11 is 1.76. The average molecular weight is 278 g/mol. The second-order valence-electron chi connectivity index (χ2n) is 4.36. The van der Waals surface area contributed by atoms with Crippen molar-refractivity contribution in [3.63, 3.8) is 0 Å². The third-order valence-corrected chi connectivity index (χ3v) is 3.99. The van der Waals surface area contributed by atoms with Crippen LogP contribution >= 0.6 is 11.3 Å². The van der Waals surface area contributed by atoms with Crippen LogP contribution in [0.1, 0.15) is 11.8 Å². The average Bonchev–Trinajstić information content (AvgIpc) is 2.91. The summed E-state index contributed by atoms with van der Waals surface area (Å²) in [4.78, 5) is 11.6. The third kappa shape index (κ3) is 2.96. The molecule has 5 nitrogen and oxygen atoms in total. The van der Waals surface area contributed by atoms with Gasteiger partial charge in [-0.05, 0) is 18.4 Å². The molecule has 0 radical (unpaired) electrons. The molecule has 6 heteroatoms. The minimum atomic E-state index is 0.292. The minimum Gasteiger partial charge on any atom is -0.479 e. The SMILES string of the molecule is COc1ncnc(N(C)C(C)Cc2cccs2)c1N. The highest BCUT2D eigenvalue weighted by molar-refractivity contribution is 7.09. The summed E-state index contributed by atoms with van der Waals surface area (Å²) in [5, 5.41) is 2.09. The molecular formula is C13H18N4OS. The van der Waals surface area contributed by atoms with Gasteiger partial charge in [0.25, 0.3) is 0 Å². The van der Waals surface area contributed by atoms with Gasteiger partial charge in [-0.1, -0.05) is 6.07 Å². The summed E-state index contributed by atoms with van der Waals surface area (Å²) in [5.41, 5.74) is 6.49. The van der Waals surface area contributed by atoms with E-state index in [9.17, 15) is 0 Å². The van der Waals surface area contributed by atoms with Crippen LogP contribution in [-0.2, 0) is 6.42 Å². The van der Waals surface area contributed by atoms with E-state index in [1.165, 1.54) is 11.2 Å². The molecule has 19 heavy (non-hydrogen) atoms. The van der Waals surface area contributed by atoms with Crippen molar-refractivity contribution >= 4 is 22.8 Å². The standard InChI is InChI=1S/C13H18N4OS/c1-9(7-10-5-4-6-19-10)17(2)12-11(14)13(18-3)16-8-15-12/h4-6,8-9H,7,14H2,1-3H3. The smallest absolute Gasteiger partial charge is 0.242 e. The van der Waals surface area contributed by atoms with Crippen molar-refractivity contribution in [2.24, 2.45) is 0 Å². The maximum Gasteiger partial charge on any atom is 0.242 e. The Morgan fingerprint density at radius 3 is 2.89 bits per heavy atom. The van der Waals surface area contributed by atoms with Crippen molar-refractivity contribution in [1.82, 2.24) is 9.97 Å². The molecule has 0 aromatic carbocycles. The number of hydrogen-bond acceptors (Lipinski definition) is 6. The Balaban J connectivity index is 2.16. The largest absolute Gasteiger partial charge is 0.479 e. The van der Waals surface area contributed by atoms with Crippen LogP contribution in [0.2, 0.25) is 0 Å². The number of nitrogen functional groups attached to an aromatic ring is 1. The lowest BCUT2D eigenvalue weighted by Crippen LogP contribution is -2.32. The van der Waals surface area contributed by atoms with Crippen LogP contribution in [0.25, 0.3) is 0 Å². The van der Waals surface area contributed by atoms with E-state index >= 15 is 0 Å². The van der Waals surface area contributed by atoms with E-state index in [-0.39, 0.29) is 0 Å². The van der Waals surface area contributed by atoms with Gasteiger partial charge in [-0.2, -0.15) is 4.98 Å². The Kier molecular flexibility index (Phi) is 4.21. The number of nitrogens with two attached hydrogens (primary N) is 1. The zero-order valence-electron chi connectivity index (χ0n) is 11.3. The molecule has 0 amide bonds. The van der Waals surface area contributed by atoms with Crippen LogP contribution < -0.4 is 15.4 Å². The van der Waals surface area contributed by atoms with Gasteiger partial charge in [-0.15, -0.1) is 11.3 Å². The van der Waals surface area contributed by atoms with Crippen molar-refractivity contribution < 1.29 is 4.74 Å². The summed E-state index contributed by atoms with van der Waals surface area (Å²) in [6.45, 7) is 2.15. The number of ether oxygens (including phenoxy) is 1. The second kappa shape index (κ2) is 5.88. The number of hydrogen-bond donors (Lipinski definition) is 1. The predicted molar refractivity (Wildman–Crippen MR) is 78.9 cm³/mol. The molecule has 1 unspecified atom stereocenters. The monoisotopic (exact) mass is 278 g/mol. The lowest BCUT2D eigenvalue weighted by atomic mass is 10.2. The summed E-state index contributed by atoms with van der Waals surface area (Å²) in [7, 11) is 3.54. The molecule has 2 rings (SSSR count). The molecule has 0 aliphatic heterocycles. The van der Waals surface area contributed by atoms with Crippen molar-refractivity contribution in [2.45, 2.75) is 19.4 Å². The molecule has 0 fully saturated rings. The predicted octanol–water partition coefficient (Wildman–Crippen LogP) is 2.20. The number of anilines is 2. The first-order valence-electron chi connectivity index (χ1n) is 6.03. The van der Waals surface area contributed by atoms with Gasteiger partial charge in [0, 0.05) is 24.4 Å². The Hall–Kier alpha value is -1.82. The molecule has 0 saturated heterocycles. The van der Waals surface area contributed by atoms with E-state index in [0.29, 0.717) is 23.4 Å². The van der Waals surface area contributed by atoms with Crippen molar-refractivity contribution in [2.75, 3.05) is 24.8 Å². The molecule has 2 aromatic rings. The molecule has 102 valence electrons. The fraction of sp³-hybridized carbons (Fsp3) is 0.385. The summed E-state index contributed by atoms with van der Waals surface area (Å²) < 4.78 is 5.12. The molecule has 2 N–H and O–H groups in total. The number of rotatable bonds is 5. The maximum absolute atomic E-state index is 6.02. The van der Waals surface area contributed by atoms with Crippen molar-refractivity contribution in [3.8, 4) is 5.88 Å². The van der Waals surface area contributed by atoms with E-state index in [4.69, 9.17) is 10.5 Å². The van der Waals surface area contributed by atoms with Crippen molar-refractivity contribution in [3.05, 3.63) is 28.7 Å². The normalized spacial score (nSPS) is 12.2. The van der Waals surface area contributed by atoms with Gasteiger partial charge >= 0.3 is 0 Å². The van der Waals surface area contributed by atoms with Crippen LogP contribution in [0.5, 0.6) is 5.88 Å². The first kappa shape index (κ1) is 13.6. The van der Waals surface area contributed by atoms with E-state index in [1.807, 2.05) is 7.05 Å². The maximum atomic E-state index is 6.02. The first-order valence-corrected chi connectivity index (χ1v) is 6.91. The third-order valence-electron chi connectivity index (χ3n) is 3.09. The zero-order valence-corrected chi connectivity index (χ0v) is 12.1. The van der Waals surface area contributed by atoms with Gasteiger partial charge in [-0.3, -0.25) is 0 Å². The fourth-order valence-corrected chi connectivity index (χ4v) is 2.71. The van der Waals surface area contributed by atoms with E-state index in [2.05, 4.69) is 39.3 Å². The summed E-state index contributed by atoms with van der Waals surface area (Å²) in [6.07, 6.45) is 2.43. The van der Waals surface area contributed by atoms with Gasteiger partial charge in [-0.25, -0.2) is 4.98 Å². The molecule has 0 aliphatic carbocycles. The quantitative estimate of drug-likeness (QED) is 0.908. The molecule has 0 saturated carbocycles. The summed E-state index contributed by atoms with van der Waals surface area (Å²) in [5.74, 6) is 1.12. The van der Waals surface area contributed by atoms with Crippen LogP contribution in [-0.4, -0.2) is 30.2 Å². The lowest BCUT2D eigenvalue weighted by Gasteiger charge is -2.26. The van der Waals surface area contributed by atoms with Crippen LogP contribution in [0.4, 0.5) is 11.5 Å². The lowest BCUT2D eigenvalue weighted by molar-refractivity contribution is 0.399. The van der Waals surface area contributed by atoms with Gasteiger partial charge in [0.05, 0.1) is 7.11 Å². The van der Waals surface area contributed by atoms with Crippen LogP contribution in [0.15, 0.2) is 23.8 Å². The van der Waals surface area contributed by atoms with E-state index in [1.54, 1.807) is 18.4 Å². The van der Waals surface area contributed by atoms with Gasteiger partial charge < -0.3 is 15.4 Å². The molecule has 0 spiro atoms. The number of methoxy groups -OCH3 is 1. The Morgan fingerprint density at radius 1 is 1.47 bits per heavy atom. The van der Waals surface area contributed by atoms with Gasteiger partial charge in [0.2, 0.25) is 5.88 Å². The van der Waals surface area contributed by atoms with Gasteiger partial charge in [0.15, 0.2) is 5.82 Å². The molecule has 0 aliphatic rings. The molecule has 2 heterocycles. The molecule has 1 atom stereocenters. The molecular weight excluding hydrogens is 260 g/mol. The van der Waals surface area contributed by atoms with Crippen LogP contribution in [0, 0.1) is 0 Å². The highest BCUT2D eigenvalue weighted by atomic mass is 32.1. The highest BCUT2D eigenvalue weighted by Crippen LogP contribution is 2.28. The first-order chi connectivity index (χ1) is 9.13. The van der Waals surface area contributed by atoms with Crippen LogP contribution in [0.3, 0.4) is 0 Å². The van der Waals surface area contributed by atoms with E-state index < -0.39 is 0 Å². The fourth-order valence-electron chi connectivity index (χ4n) is 1.88. The van der Waals surface area contributed by atoms with Crippen molar-refractivity contribution in [1.29, 1.82) is 0 Å². The summed E-state index contributed by atoms with van der Waals surface area (Å²) in [6, 6.07) is 4.49. The highest BCUT2D eigenvalue weighted by Gasteiger charge is 2.17. The number of thiophene rings is 1. The zero-order chi connectivity index (χ0) is 13.8. The van der Waals surface area contributed by atoms with E-state index in [0.717, 1.165) is 6.42 Å². The Bertz CT molecular complexity index is 529. The van der Waals surface area contributed by atoms with Gasteiger partial charge in [0.1, 0.15) is 12.0 Å². The molecule has 0 bridgehead atoms.